The Morgan fingerprint density at radius 1 is 1.38 bits per heavy atom. The highest BCUT2D eigenvalue weighted by Crippen LogP contribution is 2.15. The lowest BCUT2D eigenvalue weighted by Gasteiger charge is -1.95. The average molecular weight is 217 g/mol. The Labute approximate surface area is 92.2 Å². The number of carbonyl (C=O) groups is 1. The summed E-state index contributed by atoms with van der Waals surface area (Å²) in [7, 11) is 0. The van der Waals surface area contributed by atoms with Crippen LogP contribution in [0.25, 0.3) is 11.3 Å². The molecule has 2 heterocycles. The Bertz CT molecular complexity index is 479. The van der Waals surface area contributed by atoms with Crippen molar-refractivity contribution < 1.29 is 9.90 Å². The molecule has 0 saturated heterocycles. The van der Waals surface area contributed by atoms with Gasteiger partial charge in [-0.25, -0.2) is 4.98 Å². The van der Waals surface area contributed by atoms with E-state index in [1.807, 2.05) is 12.1 Å². The molecule has 0 aliphatic heterocycles. The number of imidazole rings is 1. The fraction of sp³-hybridized carbons (Fsp3) is 0.182. The third-order valence-electron chi connectivity index (χ3n) is 2.20. The van der Waals surface area contributed by atoms with Gasteiger partial charge in [-0.15, -0.1) is 0 Å². The zero-order chi connectivity index (χ0) is 11.4. The van der Waals surface area contributed by atoms with Crippen molar-refractivity contribution in [2.24, 2.45) is 0 Å². The number of H-pyrrole nitrogens is 1. The lowest BCUT2D eigenvalue weighted by Crippen LogP contribution is -1.98. The molecule has 0 fully saturated rings. The van der Waals surface area contributed by atoms with Gasteiger partial charge in [0.2, 0.25) is 0 Å². The summed E-state index contributed by atoms with van der Waals surface area (Å²) in [4.78, 5) is 21.5. The smallest absolute Gasteiger partial charge is 0.303 e. The van der Waals surface area contributed by atoms with Gasteiger partial charge in [-0.2, -0.15) is 0 Å². The quantitative estimate of drug-likeness (QED) is 0.813. The van der Waals surface area contributed by atoms with Gasteiger partial charge in [-0.05, 0) is 12.1 Å². The number of hydrogen-bond acceptors (Lipinski definition) is 3. The molecule has 0 aliphatic carbocycles. The summed E-state index contributed by atoms with van der Waals surface area (Å²) >= 11 is 0. The number of pyridine rings is 1. The van der Waals surface area contributed by atoms with Gasteiger partial charge in [0.15, 0.2) is 0 Å². The van der Waals surface area contributed by atoms with Crippen molar-refractivity contribution in [3.05, 3.63) is 36.5 Å². The second-order valence-electron chi connectivity index (χ2n) is 3.37. The van der Waals surface area contributed by atoms with E-state index in [9.17, 15) is 4.79 Å². The molecule has 5 heteroatoms. The van der Waals surface area contributed by atoms with Crippen molar-refractivity contribution in [1.29, 1.82) is 0 Å². The molecule has 0 aromatic carbocycles. The van der Waals surface area contributed by atoms with Gasteiger partial charge in [0.1, 0.15) is 5.82 Å². The summed E-state index contributed by atoms with van der Waals surface area (Å²) in [6.07, 6.45) is 5.61. The maximum Gasteiger partial charge on any atom is 0.303 e. The van der Waals surface area contributed by atoms with Crippen molar-refractivity contribution in [3.8, 4) is 11.3 Å². The Balaban J connectivity index is 2.11. The van der Waals surface area contributed by atoms with Crippen LogP contribution in [0, 0.1) is 0 Å². The number of nitrogens with one attached hydrogen (secondary N) is 1. The third kappa shape index (κ3) is 2.44. The minimum atomic E-state index is -0.818. The highest BCUT2D eigenvalue weighted by atomic mass is 16.4. The standard InChI is InChI=1S/C11H11N3O2/c15-11(16)2-1-10-13-7-9(14-10)8-3-5-12-6-4-8/h3-7H,1-2H2,(H,13,14)(H,15,16). The van der Waals surface area contributed by atoms with Crippen molar-refractivity contribution in [1.82, 2.24) is 15.0 Å². The third-order valence-corrected chi connectivity index (χ3v) is 2.20. The van der Waals surface area contributed by atoms with Crippen LogP contribution in [0.2, 0.25) is 0 Å². The monoisotopic (exact) mass is 217 g/mol. The predicted molar refractivity (Wildman–Crippen MR) is 57.8 cm³/mol. The van der Waals surface area contributed by atoms with E-state index in [4.69, 9.17) is 5.11 Å². The van der Waals surface area contributed by atoms with E-state index in [0.717, 1.165) is 11.3 Å². The van der Waals surface area contributed by atoms with Crippen LogP contribution in [0.1, 0.15) is 12.2 Å². The Morgan fingerprint density at radius 3 is 2.81 bits per heavy atom. The maximum absolute atomic E-state index is 10.4. The molecule has 0 aliphatic rings. The van der Waals surface area contributed by atoms with Crippen LogP contribution < -0.4 is 0 Å². The number of hydrogen-bond donors (Lipinski definition) is 2. The zero-order valence-corrected chi connectivity index (χ0v) is 8.55. The molecule has 16 heavy (non-hydrogen) atoms. The summed E-state index contributed by atoms with van der Waals surface area (Å²) < 4.78 is 0. The first-order chi connectivity index (χ1) is 7.75. The van der Waals surface area contributed by atoms with E-state index in [-0.39, 0.29) is 6.42 Å². The Hall–Kier alpha value is -2.17. The molecule has 0 radical (unpaired) electrons. The van der Waals surface area contributed by atoms with Crippen LogP contribution in [-0.4, -0.2) is 26.0 Å². The summed E-state index contributed by atoms with van der Waals surface area (Å²) in [6.45, 7) is 0. The van der Waals surface area contributed by atoms with Gasteiger partial charge in [0.25, 0.3) is 0 Å². The van der Waals surface area contributed by atoms with Crippen LogP contribution in [0.5, 0.6) is 0 Å². The Kier molecular flexibility index (Phi) is 2.95. The van der Waals surface area contributed by atoms with Crippen molar-refractivity contribution in [2.75, 3.05) is 0 Å². The number of aryl methyl sites for hydroxylation is 1. The summed E-state index contributed by atoms with van der Waals surface area (Å²) in [5.41, 5.74) is 1.87. The number of aromatic amines is 1. The van der Waals surface area contributed by atoms with Crippen LogP contribution in [0.4, 0.5) is 0 Å². The largest absolute Gasteiger partial charge is 0.481 e. The molecule has 82 valence electrons. The molecule has 0 atom stereocenters. The highest BCUT2D eigenvalue weighted by molar-refractivity contribution is 5.67. The van der Waals surface area contributed by atoms with E-state index >= 15 is 0 Å². The average Bonchev–Trinajstić information content (AvgIpc) is 2.76. The molecule has 2 aromatic heterocycles. The van der Waals surface area contributed by atoms with Gasteiger partial charge in [-0.3, -0.25) is 9.78 Å². The first-order valence-electron chi connectivity index (χ1n) is 4.92. The molecular weight excluding hydrogens is 206 g/mol. The molecular formula is C11H11N3O2. The lowest BCUT2D eigenvalue weighted by atomic mass is 10.2. The normalized spacial score (nSPS) is 10.2. The number of carboxylic acid groups (broad SMARTS) is 1. The molecule has 2 N–H and O–H groups in total. The summed E-state index contributed by atoms with van der Waals surface area (Å²) in [5, 5.41) is 8.55. The van der Waals surface area contributed by atoms with Crippen LogP contribution in [0.3, 0.4) is 0 Å². The fourth-order valence-electron chi connectivity index (χ4n) is 1.39. The van der Waals surface area contributed by atoms with Crippen molar-refractivity contribution in [2.45, 2.75) is 12.8 Å². The molecule has 0 spiro atoms. The van der Waals surface area contributed by atoms with Crippen LogP contribution in [-0.2, 0) is 11.2 Å². The SMILES string of the molecule is O=C(O)CCc1ncc(-c2ccncc2)[nH]1. The van der Waals surface area contributed by atoms with Gasteiger partial charge >= 0.3 is 5.97 Å². The fourth-order valence-corrected chi connectivity index (χ4v) is 1.39. The second-order valence-corrected chi connectivity index (χ2v) is 3.37. The van der Waals surface area contributed by atoms with E-state index in [1.165, 1.54) is 0 Å². The van der Waals surface area contributed by atoms with E-state index in [1.54, 1.807) is 18.6 Å². The van der Waals surface area contributed by atoms with Gasteiger partial charge in [0.05, 0.1) is 18.3 Å². The molecule has 0 unspecified atom stereocenters. The molecule has 2 aromatic rings. The van der Waals surface area contributed by atoms with Gasteiger partial charge in [-0.1, -0.05) is 0 Å². The minimum Gasteiger partial charge on any atom is -0.481 e. The minimum absolute atomic E-state index is 0.0866. The number of nitrogens with zero attached hydrogens (tertiary/aromatic N) is 2. The zero-order valence-electron chi connectivity index (χ0n) is 8.55. The number of carboxylic acids is 1. The van der Waals surface area contributed by atoms with Gasteiger partial charge in [0, 0.05) is 24.4 Å². The second kappa shape index (κ2) is 4.57. The van der Waals surface area contributed by atoms with Gasteiger partial charge < -0.3 is 10.1 Å². The van der Waals surface area contributed by atoms with E-state index in [0.29, 0.717) is 12.2 Å². The molecule has 0 saturated carbocycles. The maximum atomic E-state index is 10.4. The van der Waals surface area contributed by atoms with Crippen LogP contribution in [0.15, 0.2) is 30.7 Å². The van der Waals surface area contributed by atoms with E-state index in [2.05, 4.69) is 15.0 Å². The molecule has 0 bridgehead atoms. The summed E-state index contributed by atoms with van der Waals surface area (Å²) in [6, 6.07) is 3.74. The van der Waals surface area contributed by atoms with Crippen LogP contribution >= 0.6 is 0 Å². The van der Waals surface area contributed by atoms with Crippen molar-refractivity contribution in [3.63, 3.8) is 0 Å². The predicted octanol–water partition coefficient (Wildman–Crippen LogP) is 1.49. The van der Waals surface area contributed by atoms with E-state index < -0.39 is 5.97 Å². The highest BCUT2D eigenvalue weighted by Gasteiger charge is 2.04. The lowest BCUT2D eigenvalue weighted by molar-refractivity contribution is -0.137. The molecule has 0 amide bonds. The van der Waals surface area contributed by atoms with Crippen molar-refractivity contribution >= 4 is 5.97 Å². The topological polar surface area (TPSA) is 78.9 Å². The number of aromatic nitrogens is 3. The molecule has 5 nitrogen and oxygen atoms in total. The number of aliphatic carboxylic acids is 1. The number of rotatable bonds is 4. The first-order valence-corrected chi connectivity index (χ1v) is 4.92. The molecule has 2 rings (SSSR count). The Morgan fingerprint density at radius 2 is 2.12 bits per heavy atom. The summed E-state index contributed by atoms with van der Waals surface area (Å²) in [5.74, 6) is -0.129. The first kappa shape index (κ1) is 10.4.